The Hall–Kier alpha value is -1.52. The Bertz CT molecular complexity index is 442. The molecule has 1 rings (SSSR count). The van der Waals surface area contributed by atoms with Crippen molar-refractivity contribution >= 4 is 5.82 Å². The first-order valence-electron chi connectivity index (χ1n) is 4.47. The topological polar surface area (TPSA) is 56.0 Å². The first kappa shape index (κ1) is 10.6. The van der Waals surface area contributed by atoms with Crippen molar-refractivity contribution in [3.8, 4) is 0 Å². The Labute approximate surface area is 82.0 Å². The van der Waals surface area contributed by atoms with Crippen LogP contribution in [0.1, 0.15) is 13.8 Å². The van der Waals surface area contributed by atoms with Gasteiger partial charge in [0.05, 0.1) is 0 Å². The highest BCUT2D eigenvalue weighted by Gasteiger charge is 2.05. The molecule has 0 aliphatic carbocycles. The predicted octanol–water partition coefficient (Wildman–Crippen LogP) is -0.0957. The quantitative estimate of drug-likeness (QED) is 0.720. The molecule has 1 aromatic rings. The summed E-state index contributed by atoms with van der Waals surface area (Å²) in [6.45, 7) is 3.89. The number of aromatic nitrogens is 2. The van der Waals surface area contributed by atoms with E-state index < -0.39 is 0 Å². The normalized spacial score (nSPS) is 10.6. The zero-order valence-corrected chi connectivity index (χ0v) is 8.87. The molecule has 0 atom stereocenters. The number of rotatable bonds is 2. The minimum absolute atomic E-state index is 0.188. The second-order valence-electron chi connectivity index (χ2n) is 3.57. The van der Waals surface area contributed by atoms with Gasteiger partial charge in [0.15, 0.2) is 0 Å². The van der Waals surface area contributed by atoms with E-state index in [0.717, 1.165) is 4.57 Å². The van der Waals surface area contributed by atoms with Gasteiger partial charge in [-0.05, 0) is 13.8 Å². The molecule has 0 radical (unpaired) electrons. The Morgan fingerprint density at radius 1 is 1.21 bits per heavy atom. The zero-order valence-electron chi connectivity index (χ0n) is 8.87. The van der Waals surface area contributed by atoms with Crippen molar-refractivity contribution in [2.45, 2.75) is 19.9 Å². The van der Waals surface area contributed by atoms with E-state index in [1.165, 1.54) is 17.7 Å². The Kier molecular flexibility index (Phi) is 2.78. The third-order valence-corrected chi connectivity index (χ3v) is 1.96. The smallest absolute Gasteiger partial charge is 0.332 e. The molecule has 0 amide bonds. The van der Waals surface area contributed by atoms with Crippen molar-refractivity contribution in [1.82, 2.24) is 9.13 Å². The van der Waals surface area contributed by atoms with Gasteiger partial charge in [-0.1, -0.05) is 0 Å². The fourth-order valence-corrected chi connectivity index (χ4v) is 1.17. The van der Waals surface area contributed by atoms with Crippen LogP contribution in [0.3, 0.4) is 0 Å². The fraction of sp³-hybridized carbons (Fsp3) is 0.556. The second kappa shape index (κ2) is 3.69. The van der Waals surface area contributed by atoms with Crippen LogP contribution in [0.15, 0.2) is 15.7 Å². The Morgan fingerprint density at radius 3 is 2.29 bits per heavy atom. The number of hydrogen-bond donors (Lipinski definition) is 1. The summed E-state index contributed by atoms with van der Waals surface area (Å²) in [6.07, 6.45) is 0. The molecule has 0 fully saturated rings. The van der Waals surface area contributed by atoms with Crippen LogP contribution in [-0.2, 0) is 14.1 Å². The van der Waals surface area contributed by atoms with Gasteiger partial charge in [0.1, 0.15) is 5.82 Å². The standard InChI is InChI=1S/C9H15N3O2/c1-6(2)10-7-5-8(13)12(4)9(14)11(7)3/h5-6,10H,1-4H3. The van der Waals surface area contributed by atoms with Gasteiger partial charge in [-0.3, -0.25) is 13.9 Å². The molecule has 0 saturated heterocycles. The van der Waals surface area contributed by atoms with E-state index in [-0.39, 0.29) is 17.3 Å². The summed E-state index contributed by atoms with van der Waals surface area (Å²) < 4.78 is 2.49. The van der Waals surface area contributed by atoms with Gasteiger partial charge in [-0.2, -0.15) is 0 Å². The predicted molar refractivity (Wildman–Crippen MR) is 55.7 cm³/mol. The van der Waals surface area contributed by atoms with E-state index in [4.69, 9.17) is 0 Å². The first-order chi connectivity index (χ1) is 6.43. The van der Waals surface area contributed by atoms with E-state index in [0.29, 0.717) is 5.82 Å². The maximum absolute atomic E-state index is 11.5. The largest absolute Gasteiger partial charge is 0.369 e. The lowest BCUT2D eigenvalue weighted by Gasteiger charge is -2.13. The van der Waals surface area contributed by atoms with Crippen molar-refractivity contribution in [3.63, 3.8) is 0 Å². The molecular weight excluding hydrogens is 182 g/mol. The molecule has 78 valence electrons. The summed E-state index contributed by atoms with van der Waals surface area (Å²) in [5.41, 5.74) is -0.614. The summed E-state index contributed by atoms with van der Waals surface area (Å²) in [5, 5.41) is 3.03. The Balaban J connectivity index is 3.34. The van der Waals surface area contributed by atoms with Crippen molar-refractivity contribution in [2.75, 3.05) is 5.32 Å². The van der Waals surface area contributed by atoms with Crippen LogP contribution in [0.25, 0.3) is 0 Å². The molecule has 5 heteroatoms. The fourth-order valence-electron chi connectivity index (χ4n) is 1.17. The highest BCUT2D eigenvalue weighted by atomic mass is 16.2. The lowest BCUT2D eigenvalue weighted by Crippen LogP contribution is -2.38. The van der Waals surface area contributed by atoms with E-state index in [2.05, 4.69) is 5.32 Å². The second-order valence-corrected chi connectivity index (χ2v) is 3.57. The van der Waals surface area contributed by atoms with Crippen molar-refractivity contribution in [3.05, 3.63) is 26.9 Å². The van der Waals surface area contributed by atoms with Crippen LogP contribution < -0.4 is 16.6 Å². The molecule has 1 N–H and O–H groups in total. The molecule has 5 nitrogen and oxygen atoms in total. The van der Waals surface area contributed by atoms with Crippen LogP contribution in [0, 0.1) is 0 Å². The molecule has 0 spiro atoms. The van der Waals surface area contributed by atoms with Gasteiger partial charge in [0.25, 0.3) is 5.56 Å². The molecule has 0 bridgehead atoms. The lowest BCUT2D eigenvalue weighted by atomic mass is 10.4. The van der Waals surface area contributed by atoms with Gasteiger partial charge in [-0.25, -0.2) is 4.79 Å². The number of nitrogens with one attached hydrogen (secondary N) is 1. The third kappa shape index (κ3) is 1.86. The van der Waals surface area contributed by atoms with Crippen LogP contribution in [0.2, 0.25) is 0 Å². The molecular formula is C9H15N3O2. The number of nitrogens with zero attached hydrogens (tertiary/aromatic N) is 2. The zero-order chi connectivity index (χ0) is 10.9. The van der Waals surface area contributed by atoms with Crippen LogP contribution in [0.5, 0.6) is 0 Å². The molecule has 1 aromatic heterocycles. The summed E-state index contributed by atoms with van der Waals surface area (Å²) in [6, 6.07) is 1.61. The minimum atomic E-state index is -0.319. The molecule has 0 saturated carbocycles. The molecule has 0 unspecified atom stereocenters. The SMILES string of the molecule is CC(C)Nc1cc(=O)n(C)c(=O)n1C. The van der Waals surface area contributed by atoms with Crippen molar-refractivity contribution < 1.29 is 0 Å². The highest BCUT2D eigenvalue weighted by molar-refractivity contribution is 5.34. The van der Waals surface area contributed by atoms with Crippen LogP contribution in [0.4, 0.5) is 5.82 Å². The maximum atomic E-state index is 11.5. The molecule has 0 aliphatic heterocycles. The van der Waals surface area contributed by atoms with Crippen molar-refractivity contribution in [2.24, 2.45) is 14.1 Å². The summed E-state index contributed by atoms with van der Waals surface area (Å²) >= 11 is 0. The monoisotopic (exact) mass is 197 g/mol. The van der Waals surface area contributed by atoms with E-state index in [9.17, 15) is 9.59 Å². The average molecular weight is 197 g/mol. The van der Waals surface area contributed by atoms with E-state index in [1.807, 2.05) is 13.8 Å². The summed E-state index contributed by atoms with van der Waals surface area (Å²) in [5.74, 6) is 0.549. The van der Waals surface area contributed by atoms with Crippen LogP contribution in [-0.4, -0.2) is 15.2 Å². The van der Waals surface area contributed by atoms with Gasteiger partial charge >= 0.3 is 5.69 Å². The summed E-state index contributed by atoms with van der Waals surface area (Å²) in [7, 11) is 3.09. The van der Waals surface area contributed by atoms with E-state index >= 15 is 0 Å². The molecule has 0 aromatic carbocycles. The third-order valence-electron chi connectivity index (χ3n) is 1.96. The maximum Gasteiger partial charge on any atom is 0.332 e. The average Bonchev–Trinajstić information content (AvgIpc) is 2.10. The van der Waals surface area contributed by atoms with Crippen molar-refractivity contribution in [1.29, 1.82) is 0 Å². The Morgan fingerprint density at radius 2 is 1.79 bits per heavy atom. The lowest BCUT2D eigenvalue weighted by molar-refractivity contribution is 0.683. The van der Waals surface area contributed by atoms with Gasteiger partial charge in [0.2, 0.25) is 0 Å². The molecule has 0 aliphatic rings. The van der Waals surface area contributed by atoms with Gasteiger partial charge in [-0.15, -0.1) is 0 Å². The number of hydrogen-bond acceptors (Lipinski definition) is 3. The van der Waals surface area contributed by atoms with E-state index in [1.54, 1.807) is 7.05 Å². The molecule has 14 heavy (non-hydrogen) atoms. The first-order valence-corrected chi connectivity index (χ1v) is 4.47. The minimum Gasteiger partial charge on any atom is -0.369 e. The molecule has 1 heterocycles. The van der Waals surface area contributed by atoms with Gasteiger partial charge < -0.3 is 5.32 Å². The van der Waals surface area contributed by atoms with Gasteiger partial charge in [0, 0.05) is 26.2 Å². The summed E-state index contributed by atoms with van der Waals surface area (Å²) in [4.78, 5) is 22.8. The van der Waals surface area contributed by atoms with Crippen LogP contribution >= 0.6 is 0 Å². The number of anilines is 1. The highest BCUT2D eigenvalue weighted by Crippen LogP contribution is 2.00.